The molecule has 0 aliphatic rings. The van der Waals surface area contributed by atoms with Crippen molar-refractivity contribution in [3.05, 3.63) is 0 Å². The van der Waals surface area contributed by atoms with E-state index in [1.165, 1.54) is 0 Å². The predicted octanol–water partition coefficient (Wildman–Crippen LogP) is -1.71. The summed E-state index contributed by atoms with van der Waals surface area (Å²) in [6.07, 6.45) is 0. The van der Waals surface area contributed by atoms with Crippen LogP contribution in [0.25, 0.3) is 0 Å². The third-order valence-corrected chi connectivity index (χ3v) is 0. The van der Waals surface area contributed by atoms with Crippen LogP contribution in [0.5, 0.6) is 0 Å². The Labute approximate surface area is 275 Å². The van der Waals surface area contributed by atoms with Gasteiger partial charge in [0, 0.05) is 0 Å². The summed E-state index contributed by atoms with van der Waals surface area (Å²) < 4.78 is 61.7. The number of nitrogens with zero attached hydrogens (tertiary/aromatic N) is 6. The normalized spacial score (nSPS) is 11.9. The van der Waals surface area contributed by atoms with E-state index in [1.54, 1.807) is 0 Å². The molecule has 0 atom stereocenters. The fourth-order valence-electron chi connectivity index (χ4n) is 0. The number of halogens is 3. The second-order valence-electron chi connectivity index (χ2n) is 17.4. The SMILES string of the molecule is C[N+](C)(C)C.C[N+](C)(C)C.C[N+](C)(C)C.C[N+](C)(C)C.C[N+](C)(C)C.C[N+](C)(C)C.O=P([O-])([O-])F.O=P([O-])([O-])F.O=P([O-])([O-])F. The Kier molecular flexibility index (Phi) is 41.7. The molecule has 0 radical (unpaired) electrons. The minimum absolute atomic E-state index is 1.00. The average Bonchev–Trinajstić information content (AvgIpc) is 2.26. The molecule has 0 amide bonds. The van der Waals surface area contributed by atoms with Crippen molar-refractivity contribution in [2.75, 3.05) is 169 Å². The molecule has 0 aromatic heterocycles. The van der Waals surface area contributed by atoms with E-state index in [4.69, 9.17) is 43.1 Å². The van der Waals surface area contributed by atoms with E-state index >= 15 is 0 Å². The lowest BCUT2D eigenvalue weighted by molar-refractivity contribution is -0.849. The fourth-order valence-corrected chi connectivity index (χ4v) is 0. The molecule has 0 N–H and O–H groups in total. The molecule has 45 heavy (non-hydrogen) atoms. The summed E-state index contributed by atoms with van der Waals surface area (Å²) >= 11 is 0. The van der Waals surface area contributed by atoms with E-state index in [1.807, 2.05) is 0 Å². The zero-order chi connectivity index (χ0) is 40.5. The molecule has 0 heterocycles. The molecule has 0 saturated carbocycles. The smallest absolute Gasteiger partial charge is 0.110 e. The van der Waals surface area contributed by atoms with Crippen LogP contribution in [0.4, 0.5) is 12.6 Å². The molecule has 0 fully saturated rings. The van der Waals surface area contributed by atoms with Gasteiger partial charge in [-0.05, 0) is 0 Å². The van der Waals surface area contributed by atoms with Gasteiger partial charge < -0.3 is 70.0 Å². The first-order valence-corrected chi connectivity index (χ1v) is 17.2. The summed E-state index contributed by atoms with van der Waals surface area (Å²) in [4.78, 5) is 50.6. The van der Waals surface area contributed by atoms with Gasteiger partial charge in [-0.2, -0.15) is 0 Å². The van der Waals surface area contributed by atoms with Crippen LogP contribution in [0.3, 0.4) is 0 Å². The topological polar surface area (TPSA) is 190 Å². The molecule has 0 aliphatic carbocycles. The van der Waals surface area contributed by atoms with Gasteiger partial charge in [0.05, 0.1) is 169 Å². The molecule has 0 bridgehead atoms. The summed E-state index contributed by atoms with van der Waals surface area (Å²) in [5, 5.41) is 0. The molecule has 15 nitrogen and oxygen atoms in total. The lowest BCUT2D eigenvalue weighted by atomic mass is 10.8. The Morgan fingerprint density at radius 2 is 0.267 bits per heavy atom. The van der Waals surface area contributed by atoms with Crippen molar-refractivity contribution in [3.8, 4) is 0 Å². The van der Waals surface area contributed by atoms with Crippen LogP contribution in [0.1, 0.15) is 0 Å². The van der Waals surface area contributed by atoms with E-state index in [0.29, 0.717) is 0 Å². The molecule has 0 rings (SSSR count). The summed E-state index contributed by atoms with van der Waals surface area (Å²) in [5.41, 5.74) is 0. The van der Waals surface area contributed by atoms with Crippen LogP contribution < -0.4 is 29.4 Å². The van der Waals surface area contributed by atoms with Gasteiger partial charge in [0.15, 0.2) is 0 Å². The van der Waals surface area contributed by atoms with Crippen molar-refractivity contribution < 1.29 is 82.5 Å². The van der Waals surface area contributed by atoms with E-state index in [9.17, 15) is 12.6 Å². The first-order chi connectivity index (χ1) is 18.0. The van der Waals surface area contributed by atoms with Crippen molar-refractivity contribution in [2.45, 2.75) is 0 Å². The van der Waals surface area contributed by atoms with Crippen molar-refractivity contribution in [2.24, 2.45) is 0 Å². The molecular weight excluding hydrogens is 666 g/mol. The molecule has 0 unspecified atom stereocenters. The van der Waals surface area contributed by atoms with Gasteiger partial charge in [0.1, 0.15) is 23.7 Å². The molecule has 21 heteroatoms. The highest BCUT2D eigenvalue weighted by Crippen LogP contribution is 2.23. The molecule has 0 aromatic carbocycles. The maximum atomic E-state index is 10.1. The Hall–Kier alpha value is -0.000000000000000167. The quantitative estimate of drug-likeness (QED) is 0.206. The largest absolute Gasteiger partial charge is 0.786 e. The third kappa shape index (κ3) is 2800000000000000059748203611379728384. The van der Waals surface area contributed by atoms with Crippen molar-refractivity contribution in [1.82, 2.24) is 0 Å². The maximum absolute atomic E-state index is 10.1. The van der Waals surface area contributed by atoms with Gasteiger partial charge in [0.2, 0.25) is 0 Å². The van der Waals surface area contributed by atoms with Gasteiger partial charge >= 0.3 is 0 Å². The average molecular weight is 739 g/mol. The maximum Gasteiger partial charge on any atom is 0.110 e. The zero-order valence-corrected chi connectivity index (χ0v) is 35.5. The Bertz CT molecular complexity index is 587. The summed E-state index contributed by atoms with van der Waals surface area (Å²) in [5.74, 6) is 0. The first-order valence-electron chi connectivity index (χ1n) is 12.9. The number of quaternary nitrogens is 6. The summed E-state index contributed by atoms with van der Waals surface area (Å²) in [7, 11) is 34.1. The monoisotopic (exact) mass is 738 g/mol. The van der Waals surface area contributed by atoms with Gasteiger partial charge in [-0.3, -0.25) is 0 Å². The second kappa shape index (κ2) is 27.9. The van der Waals surface area contributed by atoms with Gasteiger partial charge in [-0.15, -0.1) is 0 Å². The highest BCUT2D eigenvalue weighted by molar-refractivity contribution is 7.43. The number of rotatable bonds is 0. The third-order valence-electron chi connectivity index (χ3n) is 0. The number of hydrogen-bond acceptors (Lipinski definition) is 9. The molecular formula is C24H72F3N6O9P3. The van der Waals surface area contributed by atoms with E-state index < -0.39 is 23.7 Å². The van der Waals surface area contributed by atoms with Crippen LogP contribution in [-0.4, -0.2) is 196 Å². The minimum atomic E-state index is -5.64. The Morgan fingerprint density at radius 1 is 0.267 bits per heavy atom. The summed E-state index contributed by atoms with van der Waals surface area (Å²) in [6, 6.07) is 0. The molecule has 0 aromatic rings. The molecule has 0 saturated heterocycles. The lowest BCUT2D eigenvalue weighted by Gasteiger charge is -2.15. The van der Waals surface area contributed by atoms with E-state index in [0.717, 1.165) is 26.9 Å². The molecule has 0 spiro atoms. The standard InChI is InChI=1S/6C4H12N.3FH2O3P/c9*1-5(2,3)4/h6*1-4H3;3*(H2,2,3,4)/q6*+1;;;/p-6. The highest BCUT2D eigenvalue weighted by Gasteiger charge is 1.90. The second-order valence-corrected chi connectivity index (χ2v) is 20.0. The molecule has 288 valence electrons. The van der Waals surface area contributed by atoms with Gasteiger partial charge in [-0.1, -0.05) is 0 Å². The molecule has 0 aliphatic heterocycles. The van der Waals surface area contributed by atoms with E-state index in [-0.39, 0.29) is 0 Å². The lowest BCUT2D eigenvalue weighted by Crippen LogP contribution is -2.27. The predicted molar refractivity (Wildman–Crippen MR) is 170 cm³/mol. The van der Waals surface area contributed by atoms with Crippen LogP contribution in [0.2, 0.25) is 0 Å². The van der Waals surface area contributed by atoms with Crippen molar-refractivity contribution in [1.29, 1.82) is 0 Å². The minimum Gasteiger partial charge on any atom is -0.786 e. The van der Waals surface area contributed by atoms with Gasteiger partial charge in [0.25, 0.3) is 0 Å². The summed E-state index contributed by atoms with van der Waals surface area (Å²) in [6.45, 7) is 0. The van der Waals surface area contributed by atoms with Crippen LogP contribution in [0.15, 0.2) is 0 Å². The van der Waals surface area contributed by atoms with Crippen molar-refractivity contribution >= 4 is 23.7 Å². The Morgan fingerprint density at radius 3 is 0.267 bits per heavy atom. The fraction of sp³-hybridized carbons (Fsp3) is 1.00. The van der Waals surface area contributed by atoms with Crippen LogP contribution >= 0.6 is 23.7 Å². The Balaban J connectivity index is -0.0000000463. The van der Waals surface area contributed by atoms with Crippen LogP contribution in [0, 0.1) is 0 Å². The highest BCUT2D eigenvalue weighted by atomic mass is 31.2. The van der Waals surface area contributed by atoms with Gasteiger partial charge in [-0.25, -0.2) is 12.6 Å². The van der Waals surface area contributed by atoms with E-state index in [2.05, 4.69) is 169 Å². The number of hydrogen-bond donors (Lipinski definition) is 0. The first kappa shape index (κ1) is 67.2. The van der Waals surface area contributed by atoms with Crippen LogP contribution in [-0.2, 0) is 13.7 Å². The van der Waals surface area contributed by atoms with Crippen molar-refractivity contribution in [3.63, 3.8) is 0 Å². The zero-order valence-electron chi connectivity index (χ0n) is 32.8.